The zero-order valence-electron chi connectivity index (χ0n) is 14.1. The molecule has 2 aromatic rings. The normalized spacial score (nSPS) is 14.5. The lowest BCUT2D eigenvalue weighted by Crippen LogP contribution is -2.41. The van der Waals surface area contributed by atoms with Crippen LogP contribution in [0.25, 0.3) is 0 Å². The molecule has 1 aromatic carbocycles. The molecular formula is C18H22N4O2. The van der Waals surface area contributed by atoms with Crippen molar-refractivity contribution in [3.8, 4) is 0 Å². The maximum absolute atomic E-state index is 12.7. The van der Waals surface area contributed by atoms with E-state index in [0.29, 0.717) is 37.8 Å². The summed E-state index contributed by atoms with van der Waals surface area (Å²) in [7, 11) is 0. The van der Waals surface area contributed by atoms with Crippen molar-refractivity contribution in [1.82, 2.24) is 14.9 Å². The fourth-order valence-electron chi connectivity index (χ4n) is 2.81. The van der Waals surface area contributed by atoms with Gasteiger partial charge < -0.3 is 14.5 Å². The summed E-state index contributed by atoms with van der Waals surface area (Å²) in [6, 6.07) is 11.8. The number of nitrogens with zero attached hydrogens (tertiary/aromatic N) is 4. The molecule has 0 atom stereocenters. The molecular weight excluding hydrogens is 304 g/mol. The Labute approximate surface area is 142 Å². The van der Waals surface area contributed by atoms with Crippen LogP contribution in [0.3, 0.4) is 0 Å². The Bertz CT molecular complexity index is 699. The van der Waals surface area contributed by atoms with Crippen molar-refractivity contribution in [3.05, 3.63) is 47.9 Å². The molecule has 0 bridgehead atoms. The smallest absolute Gasteiger partial charge is 0.272 e. The van der Waals surface area contributed by atoms with Crippen molar-refractivity contribution in [3.63, 3.8) is 0 Å². The monoisotopic (exact) mass is 326 g/mol. The number of hydrogen-bond donors (Lipinski definition) is 0. The number of amides is 1. The molecule has 0 unspecified atom stereocenters. The summed E-state index contributed by atoms with van der Waals surface area (Å²) >= 11 is 0. The zero-order chi connectivity index (χ0) is 16.9. The molecule has 1 aromatic heterocycles. The van der Waals surface area contributed by atoms with Gasteiger partial charge in [0.2, 0.25) is 0 Å². The molecule has 3 rings (SSSR count). The van der Waals surface area contributed by atoms with E-state index >= 15 is 0 Å². The first-order valence-corrected chi connectivity index (χ1v) is 8.24. The standard InChI is InChI=1S/C18H22N4O2/c1-3-22(15-7-5-4-6-8-15)17-13-16(19-14(2)20-17)18(23)21-9-11-24-12-10-21/h4-8,13H,3,9-12H2,1-2H3. The Morgan fingerprint density at radius 3 is 2.58 bits per heavy atom. The van der Waals surface area contributed by atoms with Crippen molar-refractivity contribution >= 4 is 17.4 Å². The second-order valence-electron chi connectivity index (χ2n) is 5.64. The van der Waals surface area contributed by atoms with Crippen LogP contribution in [-0.4, -0.2) is 53.6 Å². The second kappa shape index (κ2) is 7.40. The molecule has 126 valence electrons. The van der Waals surface area contributed by atoms with E-state index in [1.165, 1.54) is 0 Å². The largest absolute Gasteiger partial charge is 0.378 e. The summed E-state index contributed by atoms with van der Waals surface area (Å²) in [5, 5.41) is 0. The van der Waals surface area contributed by atoms with Gasteiger partial charge in [-0.15, -0.1) is 0 Å². The molecule has 0 aliphatic carbocycles. The van der Waals surface area contributed by atoms with E-state index in [4.69, 9.17) is 4.74 Å². The molecule has 6 heteroatoms. The lowest BCUT2D eigenvalue weighted by molar-refractivity contribution is 0.0299. The second-order valence-corrected chi connectivity index (χ2v) is 5.64. The molecule has 6 nitrogen and oxygen atoms in total. The van der Waals surface area contributed by atoms with E-state index in [-0.39, 0.29) is 5.91 Å². The molecule has 1 amide bonds. The van der Waals surface area contributed by atoms with Gasteiger partial charge in [-0.25, -0.2) is 9.97 Å². The number of carbonyl (C=O) groups excluding carboxylic acids is 1. The third kappa shape index (κ3) is 3.54. The first-order chi connectivity index (χ1) is 11.7. The Kier molecular flexibility index (Phi) is 5.05. The van der Waals surface area contributed by atoms with Crippen LogP contribution in [0.4, 0.5) is 11.5 Å². The van der Waals surface area contributed by atoms with Crippen LogP contribution in [0, 0.1) is 6.92 Å². The number of anilines is 2. The van der Waals surface area contributed by atoms with E-state index in [0.717, 1.165) is 18.1 Å². The summed E-state index contributed by atoms with van der Waals surface area (Å²) in [6.07, 6.45) is 0. The van der Waals surface area contributed by atoms with Gasteiger partial charge in [-0.1, -0.05) is 18.2 Å². The van der Waals surface area contributed by atoms with Gasteiger partial charge >= 0.3 is 0 Å². The van der Waals surface area contributed by atoms with E-state index in [1.54, 1.807) is 11.0 Å². The summed E-state index contributed by atoms with van der Waals surface area (Å²) in [5.74, 6) is 1.28. The third-order valence-corrected chi connectivity index (χ3v) is 4.00. The molecule has 1 aliphatic rings. The Balaban J connectivity index is 1.92. The van der Waals surface area contributed by atoms with Gasteiger partial charge in [-0.3, -0.25) is 4.79 Å². The van der Waals surface area contributed by atoms with Crippen LogP contribution in [0.15, 0.2) is 36.4 Å². The van der Waals surface area contributed by atoms with Crippen LogP contribution in [0.1, 0.15) is 23.2 Å². The van der Waals surface area contributed by atoms with Crippen molar-refractivity contribution in [1.29, 1.82) is 0 Å². The van der Waals surface area contributed by atoms with Gasteiger partial charge in [0.25, 0.3) is 5.91 Å². The lowest BCUT2D eigenvalue weighted by atomic mass is 10.2. The number of para-hydroxylation sites is 1. The van der Waals surface area contributed by atoms with E-state index < -0.39 is 0 Å². The summed E-state index contributed by atoms with van der Waals surface area (Å²) in [4.78, 5) is 25.5. The molecule has 0 spiro atoms. The average Bonchev–Trinajstić information content (AvgIpc) is 2.63. The fraction of sp³-hybridized carbons (Fsp3) is 0.389. The number of hydrogen-bond acceptors (Lipinski definition) is 5. The van der Waals surface area contributed by atoms with Crippen LogP contribution < -0.4 is 4.90 Å². The predicted octanol–water partition coefficient (Wildman–Crippen LogP) is 2.42. The maximum atomic E-state index is 12.7. The van der Waals surface area contributed by atoms with Gasteiger partial charge in [0.05, 0.1) is 13.2 Å². The molecule has 2 heterocycles. The Hall–Kier alpha value is -2.47. The molecule has 1 aliphatic heterocycles. The first-order valence-electron chi connectivity index (χ1n) is 8.24. The van der Waals surface area contributed by atoms with Gasteiger partial charge in [-0.05, 0) is 26.0 Å². The predicted molar refractivity (Wildman–Crippen MR) is 92.6 cm³/mol. The number of aryl methyl sites for hydroxylation is 1. The Morgan fingerprint density at radius 2 is 1.92 bits per heavy atom. The van der Waals surface area contributed by atoms with E-state index in [9.17, 15) is 4.79 Å². The van der Waals surface area contributed by atoms with E-state index in [1.807, 2.05) is 37.3 Å². The average molecular weight is 326 g/mol. The fourth-order valence-corrected chi connectivity index (χ4v) is 2.81. The summed E-state index contributed by atoms with van der Waals surface area (Å²) in [5.41, 5.74) is 1.48. The molecule has 0 radical (unpaired) electrons. The lowest BCUT2D eigenvalue weighted by Gasteiger charge is -2.27. The minimum Gasteiger partial charge on any atom is -0.378 e. The van der Waals surface area contributed by atoms with Crippen LogP contribution in [0.5, 0.6) is 0 Å². The number of benzene rings is 1. The minimum absolute atomic E-state index is 0.0610. The molecule has 24 heavy (non-hydrogen) atoms. The highest BCUT2D eigenvalue weighted by Gasteiger charge is 2.21. The zero-order valence-corrected chi connectivity index (χ0v) is 14.1. The third-order valence-electron chi connectivity index (χ3n) is 4.00. The van der Waals surface area contributed by atoms with Crippen LogP contribution >= 0.6 is 0 Å². The number of carbonyl (C=O) groups is 1. The van der Waals surface area contributed by atoms with Gasteiger partial charge in [0, 0.05) is 31.4 Å². The summed E-state index contributed by atoms with van der Waals surface area (Å²) in [6.45, 7) is 7.00. The quantitative estimate of drug-likeness (QED) is 0.863. The highest BCUT2D eigenvalue weighted by Crippen LogP contribution is 2.24. The van der Waals surface area contributed by atoms with E-state index in [2.05, 4.69) is 21.8 Å². The topological polar surface area (TPSA) is 58.6 Å². The van der Waals surface area contributed by atoms with Crippen molar-refractivity contribution < 1.29 is 9.53 Å². The molecule has 0 saturated carbocycles. The van der Waals surface area contributed by atoms with Gasteiger partial charge in [-0.2, -0.15) is 0 Å². The first kappa shape index (κ1) is 16.4. The van der Waals surface area contributed by atoms with Crippen molar-refractivity contribution in [2.24, 2.45) is 0 Å². The van der Waals surface area contributed by atoms with Gasteiger partial charge in [0.15, 0.2) is 0 Å². The van der Waals surface area contributed by atoms with Crippen molar-refractivity contribution in [2.45, 2.75) is 13.8 Å². The van der Waals surface area contributed by atoms with Crippen molar-refractivity contribution in [2.75, 3.05) is 37.7 Å². The number of morpholine rings is 1. The van der Waals surface area contributed by atoms with Gasteiger partial charge in [0.1, 0.15) is 17.3 Å². The number of ether oxygens (including phenoxy) is 1. The highest BCUT2D eigenvalue weighted by atomic mass is 16.5. The highest BCUT2D eigenvalue weighted by molar-refractivity contribution is 5.93. The number of aromatic nitrogens is 2. The minimum atomic E-state index is -0.0610. The van der Waals surface area contributed by atoms with Crippen LogP contribution in [-0.2, 0) is 4.74 Å². The molecule has 1 saturated heterocycles. The molecule has 1 fully saturated rings. The molecule has 0 N–H and O–H groups in total. The SMILES string of the molecule is CCN(c1ccccc1)c1cc(C(=O)N2CCOCC2)nc(C)n1. The summed E-state index contributed by atoms with van der Waals surface area (Å²) < 4.78 is 5.31. The number of rotatable bonds is 4. The maximum Gasteiger partial charge on any atom is 0.272 e. The Morgan fingerprint density at radius 1 is 1.21 bits per heavy atom. The van der Waals surface area contributed by atoms with Crippen LogP contribution in [0.2, 0.25) is 0 Å².